The molecule has 1 aromatic heterocycles. The van der Waals surface area contributed by atoms with E-state index in [0.717, 1.165) is 32.1 Å². The van der Waals surface area contributed by atoms with E-state index in [1.807, 2.05) is 13.0 Å². The molecule has 2 fully saturated rings. The number of ether oxygens (including phenoxy) is 1. The van der Waals surface area contributed by atoms with Gasteiger partial charge in [0.25, 0.3) is 5.69 Å². The molecule has 0 bridgehead atoms. The van der Waals surface area contributed by atoms with Gasteiger partial charge in [-0.05, 0) is 79.5 Å². The van der Waals surface area contributed by atoms with E-state index in [-0.39, 0.29) is 29.2 Å². The third-order valence-electron chi connectivity index (χ3n) is 8.48. The van der Waals surface area contributed by atoms with Crippen LogP contribution >= 0.6 is 0 Å². The number of carbonyl (C=O) groups is 1. The smallest absolute Gasteiger partial charge is 0.338 e. The van der Waals surface area contributed by atoms with Crippen molar-refractivity contribution in [2.24, 2.45) is 22.7 Å². The Bertz CT molecular complexity index is 1050. The number of allylic oxidation sites excluding steroid dienone is 1. The van der Waals surface area contributed by atoms with E-state index in [1.54, 1.807) is 12.5 Å². The monoisotopic (exact) mass is 467 g/mol. The topological polar surface area (TPSA) is 103 Å². The standard InChI is InChI=1S/C27H33NO6/c1-18-4-11-23-26(2,22(18)10-5-19-13-15-33-16-19)14-12-24(29)27(23,3)17-34-25(30)20-6-8-21(9-7-20)28(31)32/h6-9,13,15-16,22-24,29H,1,4-5,10-12,14,17H2,2-3H3/t22-,23+,24-,26+,27+/m1/s1. The van der Waals surface area contributed by atoms with Crippen LogP contribution in [0.25, 0.3) is 0 Å². The maximum absolute atomic E-state index is 12.7. The lowest BCUT2D eigenvalue weighted by molar-refractivity contribution is -0.384. The van der Waals surface area contributed by atoms with Crippen molar-refractivity contribution < 1.29 is 24.0 Å². The van der Waals surface area contributed by atoms with Crippen LogP contribution in [-0.4, -0.2) is 28.7 Å². The molecule has 1 aromatic carbocycles. The quantitative estimate of drug-likeness (QED) is 0.241. The zero-order chi connectivity index (χ0) is 24.5. The van der Waals surface area contributed by atoms with E-state index < -0.39 is 22.4 Å². The third kappa shape index (κ3) is 4.41. The maximum Gasteiger partial charge on any atom is 0.338 e. The Hall–Kier alpha value is -2.93. The summed E-state index contributed by atoms with van der Waals surface area (Å²) in [4.78, 5) is 23.1. The molecule has 0 radical (unpaired) electrons. The molecule has 34 heavy (non-hydrogen) atoms. The number of benzene rings is 1. The molecule has 2 aromatic rings. The fourth-order valence-electron chi connectivity index (χ4n) is 6.48. The highest BCUT2D eigenvalue weighted by Gasteiger charge is 2.58. The fourth-order valence-corrected chi connectivity index (χ4v) is 6.48. The van der Waals surface area contributed by atoms with E-state index in [9.17, 15) is 20.0 Å². The SMILES string of the molecule is C=C1CC[C@@H]2[C@](C)(COC(=O)c3ccc([N+](=O)[O-])cc3)[C@H](O)CC[C@@]2(C)[C@@H]1CCc1ccoc1. The molecule has 7 heteroatoms. The Balaban J connectivity index is 1.50. The minimum Gasteiger partial charge on any atom is -0.472 e. The van der Waals surface area contributed by atoms with Gasteiger partial charge in [0, 0.05) is 17.5 Å². The largest absolute Gasteiger partial charge is 0.472 e. The molecule has 1 heterocycles. The summed E-state index contributed by atoms with van der Waals surface area (Å²) in [5.74, 6) is -0.0427. The van der Waals surface area contributed by atoms with Crippen molar-refractivity contribution >= 4 is 11.7 Å². The Kier molecular flexibility index (Phi) is 6.67. The minimum atomic E-state index is -0.585. The fraction of sp³-hybridized carbons (Fsp3) is 0.519. The van der Waals surface area contributed by atoms with Crippen LogP contribution in [0.5, 0.6) is 0 Å². The molecule has 2 aliphatic carbocycles. The third-order valence-corrected chi connectivity index (χ3v) is 8.48. The molecule has 4 rings (SSSR count). The van der Waals surface area contributed by atoms with Gasteiger partial charge in [-0.3, -0.25) is 10.1 Å². The molecule has 0 unspecified atom stereocenters. The molecule has 0 amide bonds. The van der Waals surface area contributed by atoms with Gasteiger partial charge in [0.15, 0.2) is 0 Å². The summed E-state index contributed by atoms with van der Waals surface area (Å²) in [5, 5.41) is 22.0. The summed E-state index contributed by atoms with van der Waals surface area (Å²) in [5.41, 5.74) is 1.99. The van der Waals surface area contributed by atoms with Crippen molar-refractivity contribution in [3.63, 3.8) is 0 Å². The van der Waals surface area contributed by atoms with Gasteiger partial charge in [-0.1, -0.05) is 26.0 Å². The van der Waals surface area contributed by atoms with Crippen molar-refractivity contribution in [2.45, 2.75) is 58.5 Å². The molecule has 5 atom stereocenters. The summed E-state index contributed by atoms with van der Waals surface area (Å²) in [6.45, 7) is 8.86. The summed E-state index contributed by atoms with van der Waals surface area (Å²) >= 11 is 0. The van der Waals surface area contributed by atoms with Crippen molar-refractivity contribution in [3.05, 3.63) is 76.3 Å². The molecular weight excluding hydrogens is 434 g/mol. The molecule has 0 saturated heterocycles. The van der Waals surface area contributed by atoms with Crippen LogP contribution in [0.2, 0.25) is 0 Å². The lowest BCUT2D eigenvalue weighted by Crippen LogP contribution is -2.57. The van der Waals surface area contributed by atoms with Gasteiger partial charge in [-0.2, -0.15) is 0 Å². The zero-order valence-electron chi connectivity index (χ0n) is 19.9. The number of carbonyl (C=O) groups excluding carboxylic acids is 1. The first-order valence-electron chi connectivity index (χ1n) is 11.9. The number of non-ortho nitro benzene ring substituents is 1. The first-order valence-corrected chi connectivity index (χ1v) is 11.9. The van der Waals surface area contributed by atoms with Crippen molar-refractivity contribution in [1.82, 2.24) is 0 Å². The van der Waals surface area contributed by atoms with Crippen LogP contribution in [0.15, 0.2) is 59.4 Å². The molecule has 182 valence electrons. The lowest BCUT2D eigenvalue weighted by Gasteiger charge is -2.60. The van der Waals surface area contributed by atoms with Crippen LogP contribution in [0.4, 0.5) is 5.69 Å². The number of furan rings is 1. The average molecular weight is 468 g/mol. The highest BCUT2D eigenvalue weighted by atomic mass is 16.6. The zero-order valence-corrected chi connectivity index (χ0v) is 19.9. The first-order chi connectivity index (χ1) is 16.1. The van der Waals surface area contributed by atoms with Gasteiger partial charge in [0.1, 0.15) is 0 Å². The number of hydrogen-bond acceptors (Lipinski definition) is 6. The highest BCUT2D eigenvalue weighted by Crippen LogP contribution is 2.62. The normalized spacial score (nSPS) is 31.0. The highest BCUT2D eigenvalue weighted by molar-refractivity contribution is 5.89. The summed E-state index contributed by atoms with van der Waals surface area (Å²) in [7, 11) is 0. The number of esters is 1. The molecule has 7 nitrogen and oxygen atoms in total. The van der Waals surface area contributed by atoms with E-state index in [4.69, 9.17) is 9.15 Å². The van der Waals surface area contributed by atoms with E-state index >= 15 is 0 Å². The second-order valence-corrected chi connectivity index (χ2v) is 10.4. The van der Waals surface area contributed by atoms with Crippen LogP contribution in [0, 0.1) is 32.8 Å². The van der Waals surface area contributed by atoms with Gasteiger partial charge in [-0.25, -0.2) is 4.79 Å². The second-order valence-electron chi connectivity index (χ2n) is 10.4. The maximum atomic E-state index is 12.7. The lowest BCUT2D eigenvalue weighted by atomic mass is 9.46. The van der Waals surface area contributed by atoms with Gasteiger partial charge in [0.2, 0.25) is 0 Å². The predicted octanol–water partition coefficient (Wildman–Crippen LogP) is 5.73. The number of nitrogens with zero attached hydrogens (tertiary/aromatic N) is 1. The number of rotatable bonds is 7. The Labute approximate surface area is 200 Å². The van der Waals surface area contributed by atoms with Crippen LogP contribution in [0.3, 0.4) is 0 Å². The Morgan fingerprint density at radius 3 is 2.65 bits per heavy atom. The Morgan fingerprint density at radius 1 is 1.26 bits per heavy atom. The minimum absolute atomic E-state index is 0.0488. The van der Waals surface area contributed by atoms with Crippen LogP contribution in [0.1, 0.15) is 61.9 Å². The molecule has 0 spiro atoms. The van der Waals surface area contributed by atoms with Crippen molar-refractivity contribution in [1.29, 1.82) is 0 Å². The number of hydrogen-bond donors (Lipinski definition) is 1. The molecular formula is C27H33NO6. The number of aliphatic hydroxyl groups is 1. The van der Waals surface area contributed by atoms with Crippen LogP contribution in [-0.2, 0) is 11.2 Å². The molecule has 0 aliphatic heterocycles. The van der Waals surface area contributed by atoms with Gasteiger partial charge >= 0.3 is 5.97 Å². The number of fused-ring (bicyclic) bond motifs is 1. The van der Waals surface area contributed by atoms with Gasteiger partial charge in [-0.15, -0.1) is 0 Å². The number of nitro benzene ring substituents is 1. The predicted molar refractivity (Wildman–Crippen MR) is 127 cm³/mol. The van der Waals surface area contributed by atoms with Gasteiger partial charge in [0.05, 0.1) is 35.7 Å². The van der Waals surface area contributed by atoms with E-state index in [2.05, 4.69) is 13.5 Å². The van der Waals surface area contributed by atoms with Crippen molar-refractivity contribution in [3.8, 4) is 0 Å². The van der Waals surface area contributed by atoms with Crippen LogP contribution < -0.4 is 0 Å². The van der Waals surface area contributed by atoms with E-state index in [0.29, 0.717) is 12.3 Å². The summed E-state index contributed by atoms with van der Waals surface area (Å²) in [6.07, 6.45) is 8.15. The first kappa shape index (κ1) is 24.2. The van der Waals surface area contributed by atoms with Crippen molar-refractivity contribution in [2.75, 3.05) is 6.61 Å². The summed E-state index contributed by atoms with van der Waals surface area (Å²) < 4.78 is 10.9. The molecule has 2 saturated carbocycles. The molecule has 2 aliphatic rings. The number of aryl methyl sites for hydroxylation is 1. The average Bonchev–Trinajstić information content (AvgIpc) is 3.33. The second kappa shape index (κ2) is 9.37. The number of nitro groups is 1. The van der Waals surface area contributed by atoms with Gasteiger partial charge < -0.3 is 14.3 Å². The molecule has 1 N–H and O–H groups in total. The van der Waals surface area contributed by atoms with E-state index in [1.165, 1.54) is 35.4 Å². The Morgan fingerprint density at radius 2 is 2.00 bits per heavy atom. The number of aliphatic hydroxyl groups excluding tert-OH is 1. The summed E-state index contributed by atoms with van der Waals surface area (Å²) in [6, 6.07) is 7.39.